The van der Waals surface area contributed by atoms with Crippen LogP contribution in [0.1, 0.15) is 23.5 Å². The average Bonchev–Trinajstić information content (AvgIpc) is 3.38. The number of amidine groups is 1. The van der Waals surface area contributed by atoms with Crippen LogP contribution in [0.5, 0.6) is 0 Å². The molecule has 2 aromatic heterocycles. The second-order valence-electron chi connectivity index (χ2n) is 6.24. The van der Waals surface area contributed by atoms with Gasteiger partial charge in [-0.2, -0.15) is 0 Å². The highest BCUT2D eigenvalue weighted by molar-refractivity contribution is 8.14. The topological polar surface area (TPSA) is 33.4 Å². The van der Waals surface area contributed by atoms with Crippen LogP contribution in [-0.2, 0) is 0 Å². The molecule has 25 heavy (non-hydrogen) atoms. The molecule has 1 saturated heterocycles. The summed E-state index contributed by atoms with van der Waals surface area (Å²) in [5.74, 6) is 1.11. The number of aromatic nitrogens is 2. The maximum Gasteiger partial charge on any atom is 0.160 e. The number of para-hydroxylation sites is 1. The van der Waals surface area contributed by atoms with Crippen molar-refractivity contribution in [3.8, 4) is 5.69 Å². The summed E-state index contributed by atoms with van der Waals surface area (Å²) in [6, 6.07) is 21.2. The van der Waals surface area contributed by atoms with E-state index in [0.717, 1.165) is 23.2 Å². The van der Waals surface area contributed by atoms with Gasteiger partial charge >= 0.3 is 0 Å². The number of aliphatic imine (C=N–C) groups is 1. The van der Waals surface area contributed by atoms with Gasteiger partial charge in [-0.3, -0.25) is 9.98 Å². The molecule has 1 fully saturated rings. The van der Waals surface area contributed by atoms with Gasteiger partial charge in [0, 0.05) is 36.1 Å². The van der Waals surface area contributed by atoms with Crippen molar-refractivity contribution in [1.29, 1.82) is 0 Å². The highest BCUT2D eigenvalue weighted by Gasteiger charge is 2.42. The molecule has 0 N–H and O–H groups in total. The van der Waals surface area contributed by atoms with Gasteiger partial charge in [-0.1, -0.05) is 36.0 Å². The predicted octanol–water partition coefficient (Wildman–Crippen LogP) is 4.07. The molecule has 0 saturated carbocycles. The second-order valence-corrected chi connectivity index (χ2v) is 7.30. The molecule has 0 unspecified atom stereocenters. The zero-order valence-electron chi connectivity index (χ0n) is 13.7. The second kappa shape index (κ2) is 6.08. The lowest BCUT2D eigenvalue weighted by Crippen LogP contribution is -2.28. The van der Waals surface area contributed by atoms with Crippen molar-refractivity contribution in [2.45, 2.75) is 12.1 Å². The molecule has 124 valence electrons. The van der Waals surface area contributed by atoms with E-state index in [9.17, 15) is 0 Å². The molecule has 2 aliphatic heterocycles. The summed E-state index contributed by atoms with van der Waals surface area (Å²) in [6.45, 7) is 1.04. The van der Waals surface area contributed by atoms with Crippen molar-refractivity contribution >= 4 is 16.9 Å². The van der Waals surface area contributed by atoms with Crippen LogP contribution in [0.4, 0.5) is 0 Å². The lowest BCUT2D eigenvalue weighted by atomic mass is 10.0. The molecule has 5 rings (SSSR count). The van der Waals surface area contributed by atoms with Gasteiger partial charge < -0.3 is 9.47 Å². The fourth-order valence-electron chi connectivity index (χ4n) is 3.70. The first-order valence-electron chi connectivity index (χ1n) is 8.53. The Balaban J connectivity index is 1.62. The Kier molecular flexibility index (Phi) is 3.59. The molecule has 3 aromatic rings. The van der Waals surface area contributed by atoms with Gasteiger partial charge in [0.05, 0.1) is 11.7 Å². The van der Waals surface area contributed by atoms with Gasteiger partial charge in [-0.05, 0) is 36.4 Å². The van der Waals surface area contributed by atoms with Gasteiger partial charge in [0.25, 0.3) is 0 Å². The van der Waals surface area contributed by atoms with Crippen molar-refractivity contribution in [3.63, 3.8) is 0 Å². The minimum absolute atomic E-state index is 0.0429. The van der Waals surface area contributed by atoms with Crippen LogP contribution in [0.2, 0.25) is 0 Å². The molecule has 0 bridgehead atoms. The summed E-state index contributed by atoms with van der Waals surface area (Å²) in [5.41, 5.74) is 3.49. The minimum atomic E-state index is 0.0429. The first-order chi connectivity index (χ1) is 12.4. The Morgan fingerprint density at radius 1 is 0.960 bits per heavy atom. The normalized spacial score (nSPS) is 22.1. The van der Waals surface area contributed by atoms with E-state index >= 15 is 0 Å². The van der Waals surface area contributed by atoms with Crippen LogP contribution in [0.3, 0.4) is 0 Å². The van der Waals surface area contributed by atoms with Crippen LogP contribution in [-0.4, -0.2) is 31.9 Å². The largest absolute Gasteiger partial charge is 0.339 e. The van der Waals surface area contributed by atoms with Gasteiger partial charge in [-0.25, -0.2) is 0 Å². The SMILES string of the molecule is c1ccc(-n2cccc2[C@H]2[C@H](c3ccccn3)N=C3SCCN32)cc1. The third-order valence-electron chi connectivity index (χ3n) is 4.80. The zero-order chi connectivity index (χ0) is 16.6. The van der Waals surface area contributed by atoms with E-state index in [1.807, 2.05) is 30.1 Å². The number of nitrogens with zero attached hydrogens (tertiary/aromatic N) is 4. The van der Waals surface area contributed by atoms with E-state index in [1.54, 1.807) is 0 Å². The van der Waals surface area contributed by atoms with Gasteiger partial charge in [0.1, 0.15) is 6.04 Å². The number of rotatable bonds is 3. The summed E-state index contributed by atoms with van der Waals surface area (Å²) in [4.78, 5) is 12.1. The summed E-state index contributed by atoms with van der Waals surface area (Å²) in [5, 5.41) is 1.15. The minimum Gasteiger partial charge on any atom is -0.339 e. The van der Waals surface area contributed by atoms with Crippen LogP contribution in [0, 0.1) is 0 Å². The van der Waals surface area contributed by atoms with Crippen LogP contribution in [0.15, 0.2) is 78.0 Å². The molecule has 0 spiro atoms. The fourth-order valence-corrected chi connectivity index (χ4v) is 4.73. The Labute approximate surface area is 151 Å². The van der Waals surface area contributed by atoms with Crippen molar-refractivity contribution in [3.05, 3.63) is 84.4 Å². The average molecular weight is 346 g/mol. The maximum absolute atomic E-state index is 5.02. The van der Waals surface area contributed by atoms with E-state index in [0.29, 0.717) is 0 Å². The van der Waals surface area contributed by atoms with E-state index in [2.05, 4.69) is 69.2 Å². The van der Waals surface area contributed by atoms with Crippen molar-refractivity contribution < 1.29 is 0 Å². The Morgan fingerprint density at radius 3 is 2.68 bits per heavy atom. The van der Waals surface area contributed by atoms with Gasteiger partial charge in [0.15, 0.2) is 5.17 Å². The summed E-state index contributed by atoms with van der Waals surface area (Å²) in [7, 11) is 0. The standard InChI is InChI=1S/C20H18N4S/c1-2-7-15(8-3-1)23-12-6-10-17(23)19-18(16-9-4-5-11-21-16)22-20-24(19)13-14-25-20/h1-12,18-19H,13-14H2/t18-,19-/m0/s1. The zero-order valence-corrected chi connectivity index (χ0v) is 14.5. The third-order valence-corrected chi connectivity index (χ3v) is 5.79. The molecule has 4 heterocycles. The van der Waals surface area contributed by atoms with Gasteiger partial charge in [-0.15, -0.1) is 0 Å². The van der Waals surface area contributed by atoms with E-state index in [-0.39, 0.29) is 12.1 Å². The number of fused-ring (bicyclic) bond motifs is 1. The smallest absolute Gasteiger partial charge is 0.160 e. The van der Waals surface area contributed by atoms with Crippen LogP contribution >= 0.6 is 11.8 Å². The number of thioether (sulfide) groups is 1. The van der Waals surface area contributed by atoms with E-state index in [1.165, 1.54) is 11.4 Å². The molecule has 5 heteroatoms. The lowest BCUT2D eigenvalue weighted by molar-refractivity contribution is 0.322. The summed E-state index contributed by atoms with van der Waals surface area (Å²) < 4.78 is 2.28. The highest BCUT2D eigenvalue weighted by Crippen LogP contribution is 2.46. The summed E-state index contributed by atoms with van der Waals surface area (Å²) in [6.07, 6.45) is 4.00. The van der Waals surface area contributed by atoms with Crippen LogP contribution < -0.4 is 0 Å². The summed E-state index contributed by atoms with van der Waals surface area (Å²) >= 11 is 1.85. The Morgan fingerprint density at radius 2 is 1.84 bits per heavy atom. The molecular weight excluding hydrogens is 328 g/mol. The molecule has 2 aliphatic rings. The first kappa shape index (κ1) is 14.8. The molecular formula is C20H18N4S. The maximum atomic E-state index is 5.02. The quantitative estimate of drug-likeness (QED) is 0.717. The number of hydrogen-bond acceptors (Lipinski definition) is 4. The van der Waals surface area contributed by atoms with E-state index in [4.69, 9.17) is 4.99 Å². The monoisotopic (exact) mass is 346 g/mol. The molecule has 0 aliphatic carbocycles. The third kappa shape index (κ3) is 2.46. The van der Waals surface area contributed by atoms with Crippen molar-refractivity contribution in [2.24, 2.45) is 4.99 Å². The molecule has 4 nitrogen and oxygen atoms in total. The fraction of sp³-hybridized carbons (Fsp3) is 0.200. The molecule has 0 radical (unpaired) electrons. The van der Waals surface area contributed by atoms with Crippen molar-refractivity contribution in [2.75, 3.05) is 12.3 Å². The number of benzene rings is 1. The molecule has 1 aromatic carbocycles. The first-order valence-corrected chi connectivity index (χ1v) is 9.51. The number of pyridine rings is 1. The van der Waals surface area contributed by atoms with Crippen LogP contribution in [0.25, 0.3) is 5.69 Å². The molecule has 0 amide bonds. The Hall–Kier alpha value is -2.53. The lowest BCUT2D eigenvalue weighted by Gasteiger charge is -2.27. The van der Waals surface area contributed by atoms with Crippen molar-refractivity contribution in [1.82, 2.24) is 14.5 Å². The molecule has 2 atom stereocenters. The Bertz CT molecular complexity index is 904. The van der Waals surface area contributed by atoms with Gasteiger partial charge in [0.2, 0.25) is 0 Å². The highest BCUT2D eigenvalue weighted by atomic mass is 32.2. The number of hydrogen-bond donors (Lipinski definition) is 0. The van der Waals surface area contributed by atoms with E-state index < -0.39 is 0 Å². The predicted molar refractivity (Wildman–Crippen MR) is 102 cm³/mol.